The minimum atomic E-state index is -0.276. The van der Waals surface area contributed by atoms with Crippen LogP contribution in [0.1, 0.15) is 45.7 Å². The molecule has 1 rings (SSSR count). The quantitative estimate of drug-likeness (QED) is 0.567. The molecule has 152 valence electrons. The highest BCUT2D eigenvalue weighted by molar-refractivity contribution is 5.86. The molecule has 0 aliphatic carbocycles. The van der Waals surface area contributed by atoms with Gasteiger partial charge in [-0.2, -0.15) is 0 Å². The second-order valence-corrected chi connectivity index (χ2v) is 8.41. The van der Waals surface area contributed by atoms with E-state index in [0.717, 1.165) is 23.4 Å². The number of aryl methyl sites for hydroxylation is 1. The van der Waals surface area contributed by atoms with Crippen molar-refractivity contribution in [2.24, 2.45) is 10.9 Å². The summed E-state index contributed by atoms with van der Waals surface area (Å²) in [4.78, 5) is 18.1. The van der Waals surface area contributed by atoms with Crippen LogP contribution in [-0.4, -0.2) is 49.6 Å². The zero-order valence-electron chi connectivity index (χ0n) is 18.1. The molecule has 0 spiro atoms. The zero-order valence-corrected chi connectivity index (χ0v) is 18.1. The number of aliphatic imine (C=N–C) groups is 1. The van der Waals surface area contributed by atoms with Crippen LogP contribution in [0.25, 0.3) is 0 Å². The molecule has 2 N–H and O–H groups in total. The van der Waals surface area contributed by atoms with E-state index in [1.807, 2.05) is 39.8 Å². The maximum atomic E-state index is 11.9. The van der Waals surface area contributed by atoms with Crippen molar-refractivity contribution in [3.05, 3.63) is 29.3 Å². The molecular formula is C21H36N4O2. The molecule has 0 aromatic heterocycles. The highest BCUT2D eigenvalue weighted by Crippen LogP contribution is 2.25. The molecule has 0 unspecified atom stereocenters. The number of nitrogens with zero attached hydrogens (tertiary/aromatic N) is 2. The molecule has 0 saturated heterocycles. The largest absolute Gasteiger partial charge is 0.488 e. The molecule has 0 saturated carbocycles. The van der Waals surface area contributed by atoms with Crippen molar-refractivity contribution in [2.45, 2.75) is 53.7 Å². The lowest BCUT2D eigenvalue weighted by Gasteiger charge is -2.23. The van der Waals surface area contributed by atoms with Gasteiger partial charge in [0, 0.05) is 26.2 Å². The van der Waals surface area contributed by atoms with Crippen LogP contribution < -0.4 is 15.4 Å². The molecule has 0 aliphatic heterocycles. The molecule has 0 aliphatic rings. The Balaban J connectivity index is 2.95. The van der Waals surface area contributed by atoms with Gasteiger partial charge in [0.1, 0.15) is 11.4 Å². The van der Waals surface area contributed by atoms with E-state index in [9.17, 15) is 4.79 Å². The average molecular weight is 377 g/mol. The van der Waals surface area contributed by atoms with E-state index in [2.05, 4.69) is 35.5 Å². The summed E-state index contributed by atoms with van der Waals surface area (Å²) in [5.41, 5.74) is 1.89. The van der Waals surface area contributed by atoms with E-state index in [1.165, 1.54) is 0 Å². The molecule has 0 bridgehead atoms. The summed E-state index contributed by atoms with van der Waals surface area (Å²) in [7, 11) is 3.48. The molecule has 6 heteroatoms. The summed E-state index contributed by atoms with van der Waals surface area (Å²) in [6, 6.07) is 6.15. The smallest absolute Gasteiger partial charge is 0.241 e. The summed E-state index contributed by atoms with van der Waals surface area (Å²) in [6.07, 6.45) is 0. The van der Waals surface area contributed by atoms with Crippen LogP contribution in [0.4, 0.5) is 0 Å². The fourth-order valence-corrected chi connectivity index (χ4v) is 2.17. The van der Waals surface area contributed by atoms with Crippen LogP contribution in [0.5, 0.6) is 5.75 Å². The first-order valence-corrected chi connectivity index (χ1v) is 9.49. The van der Waals surface area contributed by atoms with Gasteiger partial charge in [-0.25, -0.2) is 4.99 Å². The molecule has 0 radical (unpaired) electrons. The fraction of sp³-hybridized carbons (Fsp3) is 0.619. The third-order valence-corrected chi connectivity index (χ3v) is 3.63. The normalized spacial score (nSPS) is 12.1. The maximum absolute atomic E-state index is 11.9. The Morgan fingerprint density at radius 2 is 1.89 bits per heavy atom. The number of nitrogens with one attached hydrogen (secondary N) is 2. The van der Waals surface area contributed by atoms with Crippen molar-refractivity contribution in [3.8, 4) is 5.75 Å². The van der Waals surface area contributed by atoms with Gasteiger partial charge >= 0.3 is 0 Å². The standard InChI is InChI=1S/C21H36N4O2/c1-15(2)12-22-20(24-14-19(26)25(7)8)23-13-17-10-9-16(3)11-18(17)27-21(4,5)6/h9-11,15H,12-14H2,1-8H3,(H2,22,23,24). The summed E-state index contributed by atoms with van der Waals surface area (Å²) in [5, 5.41) is 6.40. The van der Waals surface area contributed by atoms with Crippen molar-refractivity contribution in [1.82, 2.24) is 15.5 Å². The van der Waals surface area contributed by atoms with Crippen molar-refractivity contribution in [1.29, 1.82) is 0 Å². The summed E-state index contributed by atoms with van der Waals surface area (Å²) in [5.74, 6) is 1.95. The van der Waals surface area contributed by atoms with Gasteiger partial charge in [0.2, 0.25) is 5.91 Å². The molecule has 0 atom stereocenters. The van der Waals surface area contributed by atoms with Gasteiger partial charge in [0.05, 0.1) is 13.1 Å². The van der Waals surface area contributed by atoms with Gasteiger partial charge in [-0.3, -0.25) is 4.79 Å². The number of carbonyl (C=O) groups is 1. The molecule has 1 aromatic carbocycles. The van der Waals surface area contributed by atoms with Crippen molar-refractivity contribution in [3.63, 3.8) is 0 Å². The first-order chi connectivity index (χ1) is 12.5. The van der Waals surface area contributed by atoms with E-state index in [0.29, 0.717) is 18.4 Å². The molecular weight excluding hydrogens is 340 g/mol. The van der Waals surface area contributed by atoms with Gasteiger partial charge in [-0.15, -0.1) is 0 Å². The van der Waals surface area contributed by atoms with E-state index in [-0.39, 0.29) is 18.1 Å². The number of guanidine groups is 1. The predicted molar refractivity (Wildman–Crippen MR) is 112 cm³/mol. The third kappa shape index (κ3) is 9.31. The van der Waals surface area contributed by atoms with E-state index in [1.54, 1.807) is 19.0 Å². The number of rotatable bonds is 7. The number of benzene rings is 1. The summed E-state index contributed by atoms with van der Waals surface area (Å²) < 4.78 is 6.10. The Hall–Kier alpha value is -2.24. The van der Waals surface area contributed by atoms with Crippen molar-refractivity contribution in [2.75, 3.05) is 27.2 Å². The number of amides is 1. The molecule has 0 fully saturated rings. The van der Waals surface area contributed by atoms with Crippen LogP contribution in [-0.2, 0) is 11.3 Å². The average Bonchev–Trinajstić information content (AvgIpc) is 2.53. The lowest BCUT2D eigenvalue weighted by molar-refractivity contribution is -0.127. The topological polar surface area (TPSA) is 66.0 Å². The molecule has 27 heavy (non-hydrogen) atoms. The second kappa shape index (κ2) is 10.2. The third-order valence-electron chi connectivity index (χ3n) is 3.63. The molecule has 1 amide bonds. The minimum Gasteiger partial charge on any atom is -0.488 e. The Bertz CT molecular complexity index is 646. The Morgan fingerprint density at radius 3 is 2.44 bits per heavy atom. The lowest BCUT2D eigenvalue weighted by Crippen LogP contribution is -2.44. The Morgan fingerprint density at radius 1 is 1.22 bits per heavy atom. The second-order valence-electron chi connectivity index (χ2n) is 8.41. The molecule has 6 nitrogen and oxygen atoms in total. The van der Waals surface area contributed by atoms with E-state index < -0.39 is 0 Å². The Labute approximate surface area is 164 Å². The number of hydrogen-bond acceptors (Lipinski definition) is 3. The van der Waals surface area contributed by atoms with Crippen molar-refractivity contribution >= 4 is 11.9 Å². The van der Waals surface area contributed by atoms with Crippen molar-refractivity contribution < 1.29 is 9.53 Å². The number of hydrogen-bond donors (Lipinski definition) is 2. The maximum Gasteiger partial charge on any atom is 0.241 e. The predicted octanol–water partition coefficient (Wildman–Crippen LogP) is 2.95. The SMILES string of the molecule is Cc1ccc(CN=C(NCC(=O)N(C)C)NCC(C)C)c(OC(C)(C)C)c1. The number of likely N-dealkylation sites (N-methyl/N-ethyl adjacent to an activating group) is 1. The van der Waals surface area contributed by atoms with Gasteiger partial charge in [0.15, 0.2) is 5.96 Å². The summed E-state index contributed by atoms with van der Waals surface area (Å²) in [6.45, 7) is 13.9. The molecule has 1 aromatic rings. The van der Waals surface area contributed by atoms with Gasteiger partial charge < -0.3 is 20.3 Å². The van der Waals surface area contributed by atoms with Crippen LogP contribution in [0, 0.1) is 12.8 Å². The lowest BCUT2D eigenvalue weighted by atomic mass is 10.1. The van der Waals surface area contributed by atoms with Gasteiger partial charge in [-0.05, 0) is 45.2 Å². The number of ether oxygens (including phenoxy) is 1. The highest BCUT2D eigenvalue weighted by Gasteiger charge is 2.15. The van der Waals surface area contributed by atoms with Crippen LogP contribution in [0.2, 0.25) is 0 Å². The van der Waals surface area contributed by atoms with Gasteiger partial charge in [-0.1, -0.05) is 26.0 Å². The first-order valence-electron chi connectivity index (χ1n) is 9.49. The van der Waals surface area contributed by atoms with Crippen LogP contribution in [0.3, 0.4) is 0 Å². The van der Waals surface area contributed by atoms with E-state index >= 15 is 0 Å². The Kier molecular flexibility index (Phi) is 8.60. The zero-order chi connectivity index (χ0) is 20.6. The minimum absolute atomic E-state index is 0.00105. The fourth-order valence-electron chi connectivity index (χ4n) is 2.17. The number of carbonyl (C=O) groups excluding carboxylic acids is 1. The highest BCUT2D eigenvalue weighted by atomic mass is 16.5. The monoisotopic (exact) mass is 376 g/mol. The molecule has 0 heterocycles. The summed E-state index contributed by atoms with van der Waals surface area (Å²) >= 11 is 0. The first kappa shape index (κ1) is 22.8. The van der Waals surface area contributed by atoms with E-state index in [4.69, 9.17) is 4.74 Å². The van der Waals surface area contributed by atoms with Gasteiger partial charge in [0.25, 0.3) is 0 Å². The van der Waals surface area contributed by atoms with Crippen LogP contribution >= 0.6 is 0 Å². The van der Waals surface area contributed by atoms with Crippen LogP contribution in [0.15, 0.2) is 23.2 Å².